The van der Waals surface area contributed by atoms with Crippen molar-refractivity contribution in [1.29, 1.82) is 0 Å². The highest BCUT2D eigenvalue weighted by Crippen LogP contribution is 2.44. The minimum Gasteiger partial charge on any atom is -0.493 e. The van der Waals surface area contributed by atoms with Crippen LogP contribution >= 0.6 is 0 Å². The van der Waals surface area contributed by atoms with Gasteiger partial charge in [0.25, 0.3) is 20.2 Å². The smallest absolute Gasteiger partial charge is 0.301 e. The molecule has 1 fully saturated rings. The molecular weight excluding hydrogens is 781 g/mol. The van der Waals surface area contributed by atoms with Crippen LogP contribution in [0.25, 0.3) is 22.3 Å². The average molecular weight is 831 g/mol. The van der Waals surface area contributed by atoms with Gasteiger partial charge in [-0.2, -0.15) is 16.8 Å². The molecule has 3 heterocycles. The van der Waals surface area contributed by atoms with Crippen molar-refractivity contribution in [3.05, 3.63) is 60.9 Å². The fraction of sp³-hybridized carbons (Fsp3) is 0.436. The number of nitrogens with zero attached hydrogens (tertiary/aromatic N) is 4. The molecule has 5 rings (SSSR count). The summed E-state index contributed by atoms with van der Waals surface area (Å²) < 4.78 is 97.3. The van der Waals surface area contributed by atoms with E-state index < -0.39 is 32.7 Å². The Kier molecular flexibility index (Phi) is 13.3. The molecule has 0 atom stereocenters. The molecule has 1 aliphatic heterocycles. The lowest BCUT2D eigenvalue weighted by molar-refractivity contribution is -0.0948. The van der Waals surface area contributed by atoms with Crippen LogP contribution in [-0.2, 0) is 28.6 Å². The van der Waals surface area contributed by atoms with Gasteiger partial charge in [-0.15, -0.1) is 0 Å². The van der Waals surface area contributed by atoms with E-state index in [1.807, 2.05) is 45.9 Å². The normalized spacial score (nSPS) is 14.7. The zero-order valence-corrected chi connectivity index (χ0v) is 35.4. The van der Waals surface area contributed by atoms with Crippen molar-refractivity contribution < 1.29 is 53.6 Å². The van der Waals surface area contributed by atoms with Crippen molar-refractivity contribution in [2.75, 3.05) is 70.4 Å². The summed E-state index contributed by atoms with van der Waals surface area (Å²) >= 11 is 0. The molecule has 1 aliphatic rings. The van der Waals surface area contributed by atoms with E-state index in [1.54, 1.807) is 61.8 Å². The Morgan fingerprint density at radius 2 is 1.00 bits per heavy atom. The number of benzene rings is 2. The highest BCUT2D eigenvalue weighted by atomic mass is 32.2. The van der Waals surface area contributed by atoms with E-state index in [2.05, 4.69) is 4.98 Å². The molecule has 310 valence electrons. The maximum atomic E-state index is 12.9. The Morgan fingerprint density at radius 3 is 1.33 bits per heavy atom. The first-order valence-electron chi connectivity index (χ1n) is 18.0. The zero-order valence-electron chi connectivity index (χ0n) is 33.8. The highest BCUT2D eigenvalue weighted by Gasteiger charge is 2.50. The number of anilines is 2. The van der Waals surface area contributed by atoms with E-state index in [9.17, 15) is 16.8 Å². The van der Waals surface area contributed by atoms with E-state index >= 15 is 0 Å². The summed E-state index contributed by atoms with van der Waals surface area (Å²) in [5.74, 6) is 0.975. The molecule has 18 heteroatoms. The van der Waals surface area contributed by atoms with Crippen LogP contribution in [0.5, 0.6) is 34.5 Å². The highest BCUT2D eigenvalue weighted by molar-refractivity contribution is 7.86. The van der Waals surface area contributed by atoms with Gasteiger partial charge in [0, 0.05) is 36.6 Å². The van der Waals surface area contributed by atoms with Crippen LogP contribution in [-0.4, -0.2) is 106 Å². The second-order valence-electron chi connectivity index (χ2n) is 13.8. The molecule has 2 aromatic heterocycles. The van der Waals surface area contributed by atoms with Crippen LogP contribution in [0.2, 0.25) is 0 Å². The van der Waals surface area contributed by atoms with Crippen LogP contribution in [0.15, 0.2) is 60.9 Å². The van der Waals surface area contributed by atoms with E-state index in [0.29, 0.717) is 64.4 Å². The van der Waals surface area contributed by atoms with Crippen molar-refractivity contribution >= 4 is 31.9 Å². The van der Waals surface area contributed by atoms with E-state index in [4.69, 9.17) is 41.8 Å². The van der Waals surface area contributed by atoms with Crippen molar-refractivity contribution in [2.45, 2.75) is 52.2 Å². The van der Waals surface area contributed by atoms with Crippen LogP contribution < -0.4 is 38.2 Å². The maximum Gasteiger partial charge on any atom is 0.301 e. The summed E-state index contributed by atoms with van der Waals surface area (Å²) in [5.41, 5.74) is 2.80. The molecule has 57 heavy (non-hydrogen) atoms. The monoisotopic (exact) mass is 830 g/mol. The van der Waals surface area contributed by atoms with Gasteiger partial charge >= 0.3 is 5.91 Å². The van der Waals surface area contributed by atoms with Crippen molar-refractivity contribution in [3.63, 3.8) is 0 Å². The molecule has 1 saturated heterocycles. The molecule has 0 amide bonds. The van der Waals surface area contributed by atoms with Gasteiger partial charge in [-0.05, 0) is 93.8 Å². The minimum atomic E-state index is -4.34. The predicted molar refractivity (Wildman–Crippen MR) is 216 cm³/mol. The summed E-state index contributed by atoms with van der Waals surface area (Å²) in [4.78, 5) is 12.4. The fourth-order valence-corrected chi connectivity index (χ4v) is 7.71. The van der Waals surface area contributed by atoms with Gasteiger partial charge in [0.2, 0.25) is 11.5 Å². The lowest BCUT2D eigenvalue weighted by atomic mass is 10.1. The average Bonchev–Trinajstić information content (AvgIpc) is 3.32. The molecule has 0 spiro atoms. The summed E-state index contributed by atoms with van der Waals surface area (Å²) in [6.07, 6.45) is 5.00. The Morgan fingerprint density at radius 1 is 0.596 bits per heavy atom. The van der Waals surface area contributed by atoms with Gasteiger partial charge in [0.1, 0.15) is 11.6 Å². The number of hydrogen-bond acceptors (Lipinski definition) is 16. The summed E-state index contributed by atoms with van der Waals surface area (Å²) in [6, 6.07) is 14.1. The lowest BCUT2D eigenvalue weighted by Crippen LogP contribution is -2.60. The molecule has 4 aromatic rings. The molecule has 0 aliphatic carbocycles. The number of aromatic nitrogens is 2. The third-order valence-electron chi connectivity index (χ3n) is 8.57. The van der Waals surface area contributed by atoms with Gasteiger partial charge < -0.3 is 38.2 Å². The Labute approximate surface area is 334 Å². The Balaban J connectivity index is 1.53. The number of pyridine rings is 2. The largest absolute Gasteiger partial charge is 0.493 e. The molecule has 0 unspecified atom stereocenters. The van der Waals surface area contributed by atoms with Crippen LogP contribution in [0, 0.1) is 0 Å². The quantitative estimate of drug-likeness (QED) is 0.0987. The van der Waals surface area contributed by atoms with Gasteiger partial charge in [-0.25, -0.2) is 18.3 Å². The van der Waals surface area contributed by atoms with E-state index in [-0.39, 0.29) is 24.6 Å². The third-order valence-corrected chi connectivity index (χ3v) is 9.69. The second kappa shape index (κ2) is 17.6. The Bertz CT molecular complexity index is 2150. The predicted octanol–water partition coefficient (Wildman–Crippen LogP) is 5.74. The zero-order chi connectivity index (χ0) is 41.7. The van der Waals surface area contributed by atoms with Gasteiger partial charge in [-0.1, -0.05) is 0 Å². The third kappa shape index (κ3) is 10.5. The molecule has 16 nitrogen and oxygen atoms in total. The van der Waals surface area contributed by atoms with Gasteiger partial charge in [-0.3, -0.25) is 0 Å². The first kappa shape index (κ1) is 43.1. The van der Waals surface area contributed by atoms with E-state index in [0.717, 1.165) is 23.6 Å². The summed E-state index contributed by atoms with van der Waals surface area (Å²) in [6.45, 7) is 7.63. The second-order valence-corrected chi connectivity index (χ2v) is 16.9. The lowest BCUT2D eigenvalue weighted by Gasteiger charge is -2.41. The van der Waals surface area contributed by atoms with Crippen LogP contribution in [0.1, 0.15) is 34.1 Å². The van der Waals surface area contributed by atoms with Gasteiger partial charge in [0.05, 0.1) is 59.7 Å². The molecule has 2 aromatic carbocycles. The number of rotatable bonds is 16. The number of methoxy groups -OCH3 is 4. The van der Waals surface area contributed by atoms with Crippen LogP contribution in [0.3, 0.4) is 0 Å². The van der Waals surface area contributed by atoms with E-state index in [1.165, 1.54) is 19.1 Å². The number of ether oxygens (including phenoxy) is 6. The van der Waals surface area contributed by atoms with Crippen molar-refractivity contribution in [1.82, 2.24) is 9.97 Å². The SMILES string of the molecule is COc1cc(-c2ccc(N3CCCN(c4ccc(-c5cc(OC)c(OC(C)C)c(OC)c5)cn4)C(OS(C)(=O)=O)(OS(C)(=O)=O)C3)nc2)cc(OC)c1OC(C)C. The summed E-state index contributed by atoms with van der Waals surface area (Å²) in [5, 5.41) is 0. The van der Waals surface area contributed by atoms with Gasteiger partial charge in [0.15, 0.2) is 23.0 Å². The molecule has 0 bridgehead atoms. The van der Waals surface area contributed by atoms with Crippen molar-refractivity contribution in [2.24, 2.45) is 0 Å². The molecule has 0 radical (unpaired) electrons. The standard InChI is InChI=1S/C39H50N4O12S2/c1-25(2)52-37-31(48-5)18-29(19-32(37)49-6)27-12-14-35(40-22-27)42-16-11-17-43(39(24-42,54-56(9,44)45)55-57(10,46)47)36-15-13-28(23-41-36)30-20-33(50-7)38(53-26(3)4)34(21-30)51-8/h12-15,18-23,25-26H,11,16-17,24H2,1-10H3. The maximum absolute atomic E-state index is 12.9. The number of hydrogen-bond donors (Lipinski definition) is 0. The summed E-state index contributed by atoms with van der Waals surface area (Å²) in [7, 11) is -2.55. The molecule has 0 N–H and O–H groups in total. The molecule has 0 saturated carbocycles. The van der Waals surface area contributed by atoms with Crippen LogP contribution in [0.4, 0.5) is 11.6 Å². The minimum absolute atomic E-state index is 0.0965. The first-order chi connectivity index (χ1) is 26.9. The topological polar surface area (TPSA) is 174 Å². The first-order valence-corrected chi connectivity index (χ1v) is 21.6. The van der Waals surface area contributed by atoms with Crippen molar-refractivity contribution in [3.8, 4) is 56.8 Å². The Hall–Kier alpha value is -5.04. The molecular formula is C39H50N4O12S2. The fourth-order valence-electron chi connectivity index (χ4n) is 6.37.